The Hall–Kier alpha value is -2.00. The van der Waals surface area contributed by atoms with E-state index in [-0.39, 0.29) is 0 Å². The number of rotatable bonds is 2. The van der Waals surface area contributed by atoms with Gasteiger partial charge >= 0.3 is 0 Å². The van der Waals surface area contributed by atoms with Crippen molar-refractivity contribution >= 4 is 34.0 Å². The molecule has 1 aliphatic heterocycles. The number of hydrogen-bond acceptors (Lipinski definition) is 3. The Morgan fingerprint density at radius 3 is 2.60 bits per heavy atom. The largest absolute Gasteiger partial charge is 0.355 e. The monoisotopic (exact) mass is 278 g/mol. The lowest BCUT2D eigenvalue weighted by Crippen LogP contribution is -1.99. The predicted octanol–water partition coefficient (Wildman–Crippen LogP) is 4.73. The molecule has 0 unspecified atom stereocenters. The molecule has 2 aromatic carbocycles. The van der Waals surface area contributed by atoms with Gasteiger partial charge < -0.3 is 5.32 Å². The van der Waals surface area contributed by atoms with Gasteiger partial charge in [0.15, 0.2) is 0 Å². The number of pyridine rings is 1. The van der Waals surface area contributed by atoms with Crippen LogP contribution >= 0.6 is 11.8 Å². The van der Waals surface area contributed by atoms with E-state index in [1.54, 1.807) is 0 Å². The first-order valence-electron chi connectivity index (χ1n) is 6.72. The quantitative estimate of drug-likeness (QED) is 0.734. The molecule has 0 aliphatic carbocycles. The molecule has 3 heteroatoms. The van der Waals surface area contributed by atoms with Crippen molar-refractivity contribution in [3.63, 3.8) is 0 Å². The molecule has 1 aliphatic rings. The number of fused-ring (bicyclic) bond motifs is 2. The van der Waals surface area contributed by atoms with Gasteiger partial charge in [-0.25, -0.2) is 0 Å². The average molecular weight is 278 g/mol. The van der Waals surface area contributed by atoms with Crippen LogP contribution in [0, 0.1) is 0 Å². The van der Waals surface area contributed by atoms with Crippen LogP contribution in [0.15, 0.2) is 54.6 Å². The van der Waals surface area contributed by atoms with Crippen molar-refractivity contribution in [2.75, 3.05) is 5.32 Å². The molecule has 0 fully saturated rings. The molecule has 0 saturated heterocycles. The molecule has 98 valence electrons. The van der Waals surface area contributed by atoms with Crippen molar-refractivity contribution in [3.05, 3.63) is 65.9 Å². The number of para-hydroxylation sites is 2. The van der Waals surface area contributed by atoms with Crippen LogP contribution in [0.4, 0.5) is 11.4 Å². The summed E-state index contributed by atoms with van der Waals surface area (Å²) in [5.74, 6) is 2.06. The Labute approximate surface area is 122 Å². The van der Waals surface area contributed by atoms with Crippen molar-refractivity contribution in [2.45, 2.75) is 11.5 Å². The third-order valence-electron chi connectivity index (χ3n) is 3.61. The number of nitrogens with one attached hydrogen (secondary N) is 1. The van der Waals surface area contributed by atoms with Gasteiger partial charge in [-0.05, 0) is 18.2 Å². The van der Waals surface area contributed by atoms with Gasteiger partial charge in [-0.3, -0.25) is 4.98 Å². The number of aromatic nitrogens is 1. The molecule has 0 bridgehead atoms. The topological polar surface area (TPSA) is 24.9 Å². The van der Waals surface area contributed by atoms with Gasteiger partial charge in [0.25, 0.3) is 0 Å². The number of benzene rings is 2. The zero-order valence-corrected chi connectivity index (χ0v) is 11.8. The molecular formula is C17H14N2S. The second kappa shape index (κ2) is 4.84. The maximum absolute atomic E-state index is 4.80. The summed E-state index contributed by atoms with van der Waals surface area (Å²) in [5.41, 5.74) is 6.02. The molecule has 0 saturated carbocycles. The summed E-state index contributed by atoms with van der Waals surface area (Å²) in [5, 5.41) is 4.80. The minimum atomic E-state index is 1.02. The number of anilines is 2. The molecule has 0 spiro atoms. The fourth-order valence-electron chi connectivity index (χ4n) is 2.64. The summed E-state index contributed by atoms with van der Waals surface area (Å²) in [6.45, 7) is 0. The predicted molar refractivity (Wildman–Crippen MR) is 86.5 cm³/mol. The SMILES string of the molecule is c1ccc(Nc2c3c(nc4ccccc24)CSC3)cc1. The zero-order valence-electron chi connectivity index (χ0n) is 11.0. The molecule has 2 nitrogen and oxygen atoms in total. The molecule has 20 heavy (non-hydrogen) atoms. The standard InChI is InChI=1S/C17H14N2S/c1-2-6-12(7-3-1)18-17-13-8-4-5-9-15(13)19-16-11-20-10-14(16)17/h1-9H,10-11H2,(H,18,19). The average Bonchev–Trinajstić information content (AvgIpc) is 2.96. The second-order valence-corrected chi connectivity index (χ2v) is 5.90. The minimum Gasteiger partial charge on any atom is -0.355 e. The summed E-state index contributed by atoms with van der Waals surface area (Å²) in [7, 11) is 0. The van der Waals surface area contributed by atoms with E-state index in [0.717, 1.165) is 22.7 Å². The van der Waals surface area contributed by atoms with Crippen molar-refractivity contribution in [1.29, 1.82) is 0 Å². The molecule has 3 aromatic rings. The zero-order chi connectivity index (χ0) is 13.4. The fourth-order valence-corrected chi connectivity index (χ4v) is 3.68. The van der Waals surface area contributed by atoms with Crippen LogP contribution in [-0.2, 0) is 11.5 Å². The lowest BCUT2D eigenvalue weighted by Gasteiger charge is -2.14. The molecule has 2 heterocycles. The van der Waals surface area contributed by atoms with Crippen LogP contribution in [0.2, 0.25) is 0 Å². The van der Waals surface area contributed by atoms with Crippen LogP contribution in [0.5, 0.6) is 0 Å². The van der Waals surface area contributed by atoms with Gasteiger partial charge in [0.2, 0.25) is 0 Å². The Bertz CT molecular complexity index is 769. The van der Waals surface area contributed by atoms with Crippen LogP contribution < -0.4 is 5.32 Å². The highest BCUT2D eigenvalue weighted by Crippen LogP contribution is 2.39. The Balaban J connectivity index is 1.92. The van der Waals surface area contributed by atoms with Crippen molar-refractivity contribution in [3.8, 4) is 0 Å². The van der Waals surface area contributed by atoms with E-state index in [0.29, 0.717) is 0 Å². The normalized spacial score (nSPS) is 13.4. The molecule has 0 amide bonds. The summed E-state index contributed by atoms with van der Waals surface area (Å²) >= 11 is 1.94. The maximum Gasteiger partial charge on any atom is 0.0726 e. The molecule has 0 radical (unpaired) electrons. The second-order valence-electron chi connectivity index (χ2n) is 4.91. The first-order valence-corrected chi connectivity index (χ1v) is 7.87. The van der Waals surface area contributed by atoms with Crippen molar-refractivity contribution in [1.82, 2.24) is 4.98 Å². The third kappa shape index (κ3) is 1.95. The van der Waals surface area contributed by atoms with E-state index in [9.17, 15) is 0 Å². The van der Waals surface area contributed by atoms with E-state index in [4.69, 9.17) is 4.98 Å². The first kappa shape index (κ1) is 11.8. The number of nitrogens with zero attached hydrogens (tertiary/aromatic N) is 1. The van der Waals surface area contributed by atoms with Gasteiger partial charge in [-0.1, -0.05) is 36.4 Å². The lowest BCUT2D eigenvalue weighted by atomic mass is 10.1. The third-order valence-corrected chi connectivity index (χ3v) is 4.58. The molecular weight excluding hydrogens is 264 g/mol. The van der Waals surface area contributed by atoms with Gasteiger partial charge in [0, 0.05) is 28.1 Å². The number of thioether (sulfide) groups is 1. The van der Waals surface area contributed by atoms with E-state index in [1.807, 2.05) is 17.8 Å². The highest BCUT2D eigenvalue weighted by molar-refractivity contribution is 7.98. The van der Waals surface area contributed by atoms with E-state index < -0.39 is 0 Å². The van der Waals surface area contributed by atoms with Gasteiger partial charge in [0.1, 0.15) is 0 Å². The highest BCUT2D eigenvalue weighted by atomic mass is 32.2. The van der Waals surface area contributed by atoms with Crippen LogP contribution in [-0.4, -0.2) is 4.98 Å². The highest BCUT2D eigenvalue weighted by Gasteiger charge is 2.19. The maximum atomic E-state index is 4.80. The molecule has 1 aromatic heterocycles. The fraction of sp³-hybridized carbons (Fsp3) is 0.118. The minimum absolute atomic E-state index is 1.02. The summed E-state index contributed by atoms with van der Waals surface area (Å²) in [6, 6.07) is 18.7. The lowest BCUT2D eigenvalue weighted by molar-refractivity contribution is 1.20. The van der Waals surface area contributed by atoms with Gasteiger partial charge in [-0.2, -0.15) is 11.8 Å². The van der Waals surface area contributed by atoms with Crippen LogP contribution in [0.1, 0.15) is 11.3 Å². The van der Waals surface area contributed by atoms with Crippen LogP contribution in [0.3, 0.4) is 0 Å². The van der Waals surface area contributed by atoms with Gasteiger partial charge in [-0.15, -0.1) is 0 Å². The summed E-state index contributed by atoms with van der Waals surface area (Å²) < 4.78 is 0. The van der Waals surface area contributed by atoms with E-state index in [1.165, 1.54) is 22.3 Å². The molecule has 1 N–H and O–H groups in total. The van der Waals surface area contributed by atoms with Crippen molar-refractivity contribution < 1.29 is 0 Å². The summed E-state index contributed by atoms with van der Waals surface area (Å²) in [6.07, 6.45) is 0. The number of hydrogen-bond donors (Lipinski definition) is 1. The van der Waals surface area contributed by atoms with E-state index in [2.05, 4.69) is 53.8 Å². The van der Waals surface area contributed by atoms with Crippen molar-refractivity contribution in [2.24, 2.45) is 0 Å². The Morgan fingerprint density at radius 1 is 0.900 bits per heavy atom. The first-order chi connectivity index (χ1) is 9.92. The van der Waals surface area contributed by atoms with Crippen LogP contribution in [0.25, 0.3) is 10.9 Å². The van der Waals surface area contributed by atoms with Gasteiger partial charge in [0.05, 0.1) is 16.9 Å². The van der Waals surface area contributed by atoms with E-state index >= 15 is 0 Å². The Kier molecular flexibility index (Phi) is 2.85. The summed E-state index contributed by atoms with van der Waals surface area (Å²) in [4.78, 5) is 4.80. The molecule has 4 rings (SSSR count). The Morgan fingerprint density at radius 2 is 1.70 bits per heavy atom. The smallest absolute Gasteiger partial charge is 0.0726 e. The molecule has 0 atom stereocenters.